The maximum absolute atomic E-state index is 8.91. The van der Waals surface area contributed by atoms with E-state index in [1.165, 1.54) is 19.3 Å². The van der Waals surface area contributed by atoms with Crippen LogP contribution in [0.1, 0.15) is 65.7 Å². The summed E-state index contributed by atoms with van der Waals surface area (Å²) in [6.07, 6.45) is 13.4. The number of hydrogen-bond acceptors (Lipinski definition) is 5. The van der Waals surface area contributed by atoms with E-state index in [0.29, 0.717) is 18.4 Å². The van der Waals surface area contributed by atoms with Crippen molar-refractivity contribution < 1.29 is 5.11 Å². The zero-order chi connectivity index (χ0) is 17.9. The largest absolute Gasteiger partial charge is 0.393 e. The number of aliphatic hydroxyl groups excluding tert-OH is 1. The minimum Gasteiger partial charge on any atom is -0.393 e. The standard InChI is InChI=1S/C11H22N4.C6H12O.C2H6/c1-9-13-11(5-6-14(9)2)15-7-3-10(12)4-8-15;7-6-4-2-1-3-5-6;1-2/h5-6,9-11,13H,3-4,7-8,12H2,1-2H3;6-7H,1-5H2;1-2H3. The molecule has 0 aromatic heterocycles. The Kier molecular flexibility index (Phi) is 10.6. The van der Waals surface area contributed by atoms with Crippen LogP contribution in [0.4, 0.5) is 0 Å². The van der Waals surface area contributed by atoms with E-state index >= 15 is 0 Å². The van der Waals surface area contributed by atoms with Gasteiger partial charge in [0.1, 0.15) is 0 Å². The molecule has 0 amide bonds. The lowest BCUT2D eigenvalue weighted by Crippen LogP contribution is -2.56. The zero-order valence-electron chi connectivity index (χ0n) is 16.2. The molecule has 2 atom stereocenters. The minimum absolute atomic E-state index is 0.0359. The summed E-state index contributed by atoms with van der Waals surface area (Å²) in [7, 11) is 2.09. The molecule has 3 aliphatic rings. The highest BCUT2D eigenvalue weighted by atomic mass is 16.3. The predicted octanol–water partition coefficient (Wildman–Crippen LogP) is 2.47. The second kappa shape index (κ2) is 11.9. The van der Waals surface area contributed by atoms with Crippen molar-refractivity contribution in [1.82, 2.24) is 15.1 Å². The van der Waals surface area contributed by atoms with Crippen LogP contribution in [-0.2, 0) is 0 Å². The highest BCUT2D eigenvalue weighted by Crippen LogP contribution is 2.16. The van der Waals surface area contributed by atoms with E-state index in [1.807, 2.05) is 13.8 Å². The lowest BCUT2D eigenvalue weighted by molar-refractivity contribution is 0.115. The van der Waals surface area contributed by atoms with Crippen LogP contribution >= 0.6 is 0 Å². The quantitative estimate of drug-likeness (QED) is 0.684. The molecule has 0 aromatic rings. The lowest BCUT2D eigenvalue weighted by Gasteiger charge is -2.41. The van der Waals surface area contributed by atoms with Crippen LogP contribution < -0.4 is 11.1 Å². The predicted molar refractivity (Wildman–Crippen MR) is 103 cm³/mol. The molecule has 2 fully saturated rings. The summed E-state index contributed by atoms with van der Waals surface area (Å²) < 4.78 is 0. The van der Waals surface area contributed by atoms with E-state index in [-0.39, 0.29) is 6.10 Å². The van der Waals surface area contributed by atoms with Gasteiger partial charge in [-0.25, -0.2) is 0 Å². The van der Waals surface area contributed by atoms with E-state index in [0.717, 1.165) is 38.8 Å². The van der Waals surface area contributed by atoms with Crippen LogP contribution in [0.25, 0.3) is 0 Å². The van der Waals surface area contributed by atoms with Crippen molar-refractivity contribution in [3.63, 3.8) is 0 Å². The maximum Gasteiger partial charge on any atom is 0.0822 e. The van der Waals surface area contributed by atoms with Gasteiger partial charge in [-0.1, -0.05) is 33.1 Å². The molecule has 2 aliphatic heterocycles. The van der Waals surface area contributed by atoms with Gasteiger partial charge < -0.3 is 15.7 Å². The van der Waals surface area contributed by atoms with Crippen molar-refractivity contribution in [2.45, 2.75) is 90.2 Å². The first-order valence-corrected chi connectivity index (χ1v) is 9.90. The van der Waals surface area contributed by atoms with Crippen molar-refractivity contribution >= 4 is 0 Å². The third-order valence-corrected chi connectivity index (χ3v) is 5.07. The Hall–Kier alpha value is -0.620. The molecule has 1 aliphatic carbocycles. The SMILES string of the molecule is CC.CC1NC(N2CCC(N)CC2)C=CN1C.OC1CCCCC1. The highest BCUT2D eigenvalue weighted by molar-refractivity contribution is 4.99. The zero-order valence-corrected chi connectivity index (χ0v) is 16.2. The Morgan fingerprint density at radius 1 is 1.04 bits per heavy atom. The number of nitrogens with two attached hydrogens (primary N) is 1. The number of rotatable bonds is 1. The average molecular weight is 341 g/mol. The van der Waals surface area contributed by atoms with Gasteiger partial charge in [-0.15, -0.1) is 0 Å². The van der Waals surface area contributed by atoms with E-state index in [4.69, 9.17) is 10.8 Å². The Labute approximate surface area is 149 Å². The Morgan fingerprint density at radius 3 is 2.08 bits per heavy atom. The van der Waals surface area contributed by atoms with Gasteiger partial charge in [-0.3, -0.25) is 10.2 Å². The monoisotopic (exact) mass is 340 g/mol. The molecular weight excluding hydrogens is 300 g/mol. The van der Waals surface area contributed by atoms with Crippen LogP contribution in [0.2, 0.25) is 0 Å². The van der Waals surface area contributed by atoms with Crippen molar-refractivity contribution in [2.75, 3.05) is 20.1 Å². The van der Waals surface area contributed by atoms with Crippen molar-refractivity contribution in [2.24, 2.45) is 5.73 Å². The molecule has 2 unspecified atom stereocenters. The number of nitrogens with zero attached hydrogens (tertiary/aromatic N) is 2. The molecule has 0 aromatic carbocycles. The summed E-state index contributed by atoms with van der Waals surface area (Å²) in [5, 5.41) is 12.5. The fraction of sp³-hybridized carbons (Fsp3) is 0.895. The summed E-state index contributed by atoms with van der Waals surface area (Å²) in [5.74, 6) is 0. The average Bonchev–Trinajstić information content (AvgIpc) is 2.61. The summed E-state index contributed by atoms with van der Waals surface area (Å²) in [6.45, 7) is 8.41. The Balaban J connectivity index is 0.000000268. The Morgan fingerprint density at radius 2 is 1.62 bits per heavy atom. The summed E-state index contributed by atoms with van der Waals surface area (Å²) >= 11 is 0. The van der Waals surface area contributed by atoms with E-state index in [2.05, 4.69) is 41.4 Å². The minimum atomic E-state index is 0.0359. The normalized spacial score (nSPS) is 29.3. The molecule has 4 N–H and O–H groups in total. The molecule has 5 nitrogen and oxygen atoms in total. The lowest BCUT2D eigenvalue weighted by atomic mass is 9.98. The number of nitrogens with one attached hydrogen (secondary N) is 1. The van der Waals surface area contributed by atoms with Gasteiger partial charge in [0.05, 0.1) is 18.4 Å². The fourth-order valence-electron chi connectivity index (χ4n) is 3.27. The first-order chi connectivity index (χ1) is 11.6. The van der Waals surface area contributed by atoms with Crippen molar-refractivity contribution in [1.29, 1.82) is 0 Å². The molecule has 5 heteroatoms. The van der Waals surface area contributed by atoms with Crippen LogP contribution in [0.15, 0.2) is 12.3 Å². The molecule has 0 bridgehead atoms. The fourth-order valence-corrected chi connectivity index (χ4v) is 3.27. The number of hydrogen-bond donors (Lipinski definition) is 3. The van der Waals surface area contributed by atoms with E-state index in [1.54, 1.807) is 0 Å². The molecule has 1 saturated heterocycles. The molecule has 142 valence electrons. The van der Waals surface area contributed by atoms with E-state index in [9.17, 15) is 0 Å². The first kappa shape index (κ1) is 21.4. The second-order valence-corrected chi connectivity index (χ2v) is 6.96. The molecular formula is C19H40N4O. The number of aliphatic hydroxyl groups is 1. The van der Waals surface area contributed by atoms with Gasteiger partial charge >= 0.3 is 0 Å². The molecule has 24 heavy (non-hydrogen) atoms. The molecule has 2 heterocycles. The van der Waals surface area contributed by atoms with Crippen LogP contribution in [0, 0.1) is 0 Å². The van der Waals surface area contributed by atoms with Gasteiger partial charge in [0.25, 0.3) is 0 Å². The summed E-state index contributed by atoms with van der Waals surface area (Å²) in [5.41, 5.74) is 5.90. The molecule has 0 spiro atoms. The van der Waals surface area contributed by atoms with Crippen LogP contribution in [-0.4, -0.2) is 59.5 Å². The third-order valence-electron chi connectivity index (χ3n) is 5.07. The molecule has 3 rings (SSSR count). The van der Waals surface area contributed by atoms with Gasteiger partial charge in [-0.05, 0) is 44.9 Å². The number of likely N-dealkylation sites (tertiary alicyclic amines) is 1. The van der Waals surface area contributed by atoms with Gasteiger partial charge in [0, 0.05) is 26.2 Å². The Bertz CT molecular complexity index is 336. The topological polar surface area (TPSA) is 64.8 Å². The van der Waals surface area contributed by atoms with E-state index < -0.39 is 0 Å². The maximum atomic E-state index is 8.91. The van der Waals surface area contributed by atoms with Crippen LogP contribution in [0.3, 0.4) is 0 Å². The van der Waals surface area contributed by atoms with Crippen LogP contribution in [0.5, 0.6) is 0 Å². The van der Waals surface area contributed by atoms with Crippen molar-refractivity contribution in [3.8, 4) is 0 Å². The van der Waals surface area contributed by atoms with Gasteiger partial charge in [0.15, 0.2) is 0 Å². The number of piperidine rings is 1. The summed E-state index contributed by atoms with van der Waals surface area (Å²) in [4.78, 5) is 4.66. The second-order valence-electron chi connectivity index (χ2n) is 6.96. The first-order valence-electron chi connectivity index (χ1n) is 9.90. The third kappa shape index (κ3) is 7.51. The van der Waals surface area contributed by atoms with Gasteiger partial charge in [-0.2, -0.15) is 0 Å². The highest BCUT2D eigenvalue weighted by Gasteiger charge is 2.25. The molecule has 0 radical (unpaired) electrons. The van der Waals surface area contributed by atoms with Gasteiger partial charge in [0.2, 0.25) is 0 Å². The van der Waals surface area contributed by atoms with Crippen molar-refractivity contribution in [3.05, 3.63) is 12.3 Å². The smallest absolute Gasteiger partial charge is 0.0822 e. The molecule has 1 saturated carbocycles. The summed E-state index contributed by atoms with van der Waals surface area (Å²) in [6, 6.07) is 0.411.